The van der Waals surface area contributed by atoms with Crippen molar-refractivity contribution in [2.45, 2.75) is 59.3 Å². The Balaban J connectivity index is 2.64. The minimum atomic E-state index is 0.161. The Morgan fingerprint density at radius 1 is 1.50 bits per heavy atom. The topological polar surface area (TPSA) is 40.9 Å². The second-order valence-corrected chi connectivity index (χ2v) is 5.65. The summed E-state index contributed by atoms with van der Waals surface area (Å²) in [7, 11) is 0. The van der Waals surface area contributed by atoms with Crippen LogP contribution < -0.4 is 0 Å². The molecule has 0 heterocycles. The molecule has 1 aliphatic carbocycles. The molecule has 0 aromatic carbocycles. The van der Waals surface area contributed by atoms with Crippen LogP contribution in [-0.4, -0.2) is 5.78 Å². The molecule has 0 aromatic heterocycles. The summed E-state index contributed by atoms with van der Waals surface area (Å²) in [6, 6.07) is 2.44. The van der Waals surface area contributed by atoms with Gasteiger partial charge in [-0.2, -0.15) is 5.26 Å². The summed E-state index contributed by atoms with van der Waals surface area (Å²) in [6.45, 7) is 6.41. The summed E-state index contributed by atoms with van der Waals surface area (Å²) in [4.78, 5) is 11.4. The monoisotopic (exact) mass is 221 g/mol. The van der Waals surface area contributed by atoms with Gasteiger partial charge < -0.3 is 0 Å². The predicted octanol–water partition coefficient (Wildman–Crippen LogP) is 3.71. The third-order valence-electron chi connectivity index (χ3n) is 4.12. The lowest BCUT2D eigenvalue weighted by Gasteiger charge is -2.41. The molecule has 0 aromatic rings. The smallest absolute Gasteiger partial charge is 0.132 e. The van der Waals surface area contributed by atoms with Gasteiger partial charge in [0.15, 0.2) is 0 Å². The van der Waals surface area contributed by atoms with Crippen LogP contribution in [0.25, 0.3) is 0 Å². The molecular formula is C14H23NO. The Bertz CT molecular complexity index is 288. The van der Waals surface area contributed by atoms with Gasteiger partial charge >= 0.3 is 0 Å². The summed E-state index contributed by atoms with van der Waals surface area (Å²) in [5.41, 5.74) is 0.229. The zero-order chi connectivity index (χ0) is 12.2. The van der Waals surface area contributed by atoms with E-state index in [0.717, 1.165) is 19.3 Å². The molecule has 1 saturated carbocycles. The number of ketones is 1. The fraction of sp³-hybridized carbons (Fsp3) is 0.857. The van der Waals surface area contributed by atoms with Crippen molar-refractivity contribution >= 4 is 5.78 Å². The van der Waals surface area contributed by atoms with E-state index in [1.165, 1.54) is 6.42 Å². The highest BCUT2D eigenvalue weighted by Gasteiger charge is 2.38. The van der Waals surface area contributed by atoms with Crippen LogP contribution in [0.3, 0.4) is 0 Å². The van der Waals surface area contributed by atoms with E-state index in [4.69, 9.17) is 0 Å². The maximum absolute atomic E-state index is 11.4. The average molecular weight is 221 g/mol. The third-order valence-corrected chi connectivity index (χ3v) is 4.12. The number of rotatable bonds is 4. The molecule has 1 fully saturated rings. The molecule has 0 unspecified atom stereocenters. The molecule has 0 radical (unpaired) electrons. The van der Waals surface area contributed by atoms with Gasteiger partial charge in [0.25, 0.3) is 0 Å². The molecule has 1 aliphatic rings. The molecule has 0 aliphatic heterocycles. The van der Waals surface area contributed by atoms with E-state index in [1.807, 2.05) is 6.92 Å². The number of nitrogens with zero attached hydrogens (tertiary/aromatic N) is 1. The molecule has 0 spiro atoms. The number of Topliss-reactive ketones (excluding diaryl/α,β-unsaturated/α-hetero) is 1. The van der Waals surface area contributed by atoms with Crippen molar-refractivity contribution in [2.75, 3.05) is 0 Å². The average Bonchev–Trinajstić information content (AvgIpc) is 2.25. The lowest BCUT2D eigenvalue weighted by atomic mass is 9.62. The van der Waals surface area contributed by atoms with Crippen molar-refractivity contribution in [2.24, 2.45) is 17.3 Å². The quantitative estimate of drug-likeness (QED) is 0.726. The van der Waals surface area contributed by atoms with Crippen molar-refractivity contribution in [1.82, 2.24) is 0 Å². The molecule has 0 saturated heterocycles. The zero-order valence-corrected chi connectivity index (χ0v) is 10.8. The van der Waals surface area contributed by atoms with Gasteiger partial charge in [0.1, 0.15) is 5.78 Å². The number of hydrogen-bond donors (Lipinski definition) is 0. The van der Waals surface area contributed by atoms with E-state index in [1.54, 1.807) is 0 Å². The second-order valence-electron chi connectivity index (χ2n) is 5.65. The highest BCUT2D eigenvalue weighted by Crippen LogP contribution is 2.46. The number of carbonyl (C=O) groups excluding carboxylic acids is 1. The molecule has 90 valence electrons. The number of nitriles is 1. The Morgan fingerprint density at radius 2 is 2.19 bits per heavy atom. The molecule has 2 heteroatoms. The van der Waals surface area contributed by atoms with Crippen LogP contribution in [0.4, 0.5) is 0 Å². The molecule has 16 heavy (non-hydrogen) atoms. The van der Waals surface area contributed by atoms with Gasteiger partial charge in [-0.05, 0) is 30.6 Å². The van der Waals surface area contributed by atoms with E-state index in [9.17, 15) is 10.1 Å². The minimum absolute atomic E-state index is 0.161. The van der Waals surface area contributed by atoms with E-state index >= 15 is 0 Å². The number of carbonyl (C=O) groups is 1. The molecule has 0 bridgehead atoms. The lowest BCUT2D eigenvalue weighted by Crippen LogP contribution is -2.34. The summed E-state index contributed by atoms with van der Waals surface area (Å²) < 4.78 is 0. The zero-order valence-electron chi connectivity index (χ0n) is 10.8. The van der Waals surface area contributed by atoms with Crippen LogP contribution >= 0.6 is 0 Å². The van der Waals surface area contributed by atoms with Crippen LogP contribution in [-0.2, 0) is 4.79 Å². The molecule has 2 nitrogen and oxygen atoms in total. The van der Waals surface area contributed by atoms with E-state index in [0.29, 0.717) is 24.5 Å². The van der Waals surface area contributed by atoms with E-state index in [2.05, 4.69) is 19.9 Å². The summed E-state index contributed by atoms with van der Waals surface area (Å²) in [5.74, 6) is 0.896. The third kappa shape index (κ3) is 3.07. The Morgan fingerprint density at radius 3 is 2.75 bits per heavy atom. The normalized spacial score (nSPS) is 28.4. The standard InChI is InChI=1S/C14H23NO/c1-4-12(16)7-8-13-11(10-15)6-5-9-14(13,2)3/h11,13H,4-9H2,1-3H3/t11-,13+/m0/s1. The van der Waals surface area contributed by atoms with Crippen LogP contribution in [0.2, 0.25) is 0 Å². The van der Waals surface area contributed by atoms with Crippen LogP contribution in [0, 0.1) is 28.6 Å². The summed E-state index contributed by atoms with van der Waals surface area (Å²) >= 11 is 0. The van der Waals surface area contributed by atoms with Gasteiger partial charge in [0.2, 0.25) is 0 Å². The van der Waals surface area contributed by atoms with E-state index in [-0.39, 0.29) is 11.3 Å². The Kier molecular flexibility index (Phi) is 4.53. The largest absolute Gasteiger partial charge is 0.300 e. The fourth-order valence-corrected chi connectivity index (χ4v) is 2.95. The van der Waals surface area contributed by atoms with Crippen molar-refractivity contribution in [3.63, 3.8) is 0 Å². The Hall–Kier alpha value is -0.840. The minimum Gasteiger partial charge on any atom is -0.300 e. The van der Waals surface area contributed by atoms with Crippen molar-refractivity contribution < 1.29 is 4.79 Å². The van der Waals surface area contributed by atoms with Crippen molar-refractivity contribution in [3.8, 4) is 6.07 Å². The predicted molar refractivity (Wildman–Crippen MR) is 64.8 cm³/mol. The Labute approximate surface area is 99.0 Å². The maximum Gasteiger partial charge on any atom is 0.132 e. The van der Waals surface area contributed by atoms with Crippen molar-refractivity contribution in [3.05, 3.63) is 0 Å². The summed E-state index contributed by atoms with van der Waals surface area (Å²) in [6.07, 6.45) is 5.55. The van der Waals surface area contributed by atoms with Gasteiger partial charge in [-0.25, -0.2) is 0 Å². The molecule has 1 rings (SSSR count). The van der Waals surface area contributed by atoms with Gasteiger partial charge in [0, 0.05) is 18.8 Å². The fourth-order valence-electron chi connectivity index (χ4n) is 2.95. The highest BCUT2D eigenvalue weighted by molar-refractivity contribution is 5.77. The SMILES string of the molecule is CCC(=O)CC[C@@H]1[C@H](C#N)CCCC1(C)C. The first-order valence-electron chi connectivity index (χ1n) is 6.42. The van der Waals surface area contributed by atoms with Crippen molar-refractivity contribution in [1.29, 1.82) is 5.26 Å². The lowest BCUT2D eigenvalue weighted by molar-refractivity contribution is -0.119. The highest BCUT2D eigenvalue weighted by atomic mass is 16.1. The first-order valence-corrected chi connectivity index (χ1v) is 6.42. The van der Waals surface area contributed by atoms with E-state index < -0.39 is 0 Å². The first-order chi connectivity index (χ1) is 7.51. The molecule has 0 N–H and O–H groups in total. The second kappa shape index (κ2) is 5.48. The molecule has 2 atom stereocenters. The maximum atomic E-state index is 11.4. The molecule has 0 amide bonds. The van der Waals surface area contributed by atoms with Crippen LogP contribution in [0.5, 0.6) is 0 Å². The van der Waals surface area contributed by atoms with Gasteiger partial charge in [-0.15, -0.1) is 0 Å². The number of hydrogen-bond acceptors (Lipinski definition) is 2. The van der Waals surface area contributed by atoms with Crippen LogP contribution in [0.15, 0.2) is 0 Å². The van der Waals surface area contributed by atoms with Gasteiger partial charge in [-0.1, -0.05) is 27.2 Å². The van der Waals surface area contributed by atoms with Gasteiger partial charge in [0.05, 0.1) is 6.07 Å². The van der Waals surface area contributed by atoms with Crippen LogP contribution in [0.1, 0.15) is 59.3 Å². The van der Waals surface area contributed by atoms with Gasteiger partial charge in [-0.3, -0.25) is 4.79 Å². The first kappa shape index (κ1) is 13.2. The molecular weight excluding hydrogens is 198 g/mol. The summed E-state index contributed by atoms with van der Waals surface area (Å²) in [5, 5.41) is 9.18.